The molecular weight excluding hydrogens is 602 g/mol. The van der Waals surface area contributed by atoms with Crippen molar-refractivity contribution in [2.75, 3.05) is 16.8 Å². The largest absolute Gasteiger partial charge is 0.432 e. The number of aliphatic hydroxyl groups is 2. The Morgan fingerprint density at radius 3 is 2.39 bits per heavy atom. The van der Waals surface area contributed by atoms with Crippen molar-refractivity contribution in [1.82, 2.24) is 4.90 Å². The SMILES string of the molecule is C[C@H](O)C(=O)Nc1ccc2c(c1)[C@]1(O[C@@H](CC(=O)N3Cc4ccccc4C[C@H]3CO)[C@H]([Si](C)(C)O)[C@H]1C)C(=O)N2c1ccccc1. The van der Waals surface area contributed by atoms with Gasteiger partial charge >= 0.3 is 0 Å². The van der Waals surface area contributed by atoms with E-state index in [1.54, 1.807) is 41.1 Å². The van der Waals surface area contributed by atoms with Gasteiger partial charge in [0.15, 0.2) is 13.9 Å². The zero-order valence-electron chi connectivity index (χ0n) is 26.5. The fourth-order valence-corrected chi connectivity index (χ4v) is 10.2. The summed E-state index contributed by atoms with van der Waals surface area (Å²) in [5.74, 6) is -1.67. The zero-order valence-corrected chi connectivity index (χ0v) is 27.5. The topological polar surface area (TPSA) is 140 Å². The summed E-state index contributed by atoms with van der Waals surface area (Å²) in [5, 5.41) is 22.8. The Labute approximate surface area is 269 Å². The van der Waals surface area contributed by atoms with Gasteiger partial charge in [0, 0.05) is 34.9 Å². The van der Waals surface area contributed by atoms with Crippen LogP contribution in [0.25, 0.3) is 0 Å². The molecule has 46 heavy (non-hydrogen) atoms. The van der Waals surface area contributed by atoms with Crippen LogP contribution in [-0.2, 0) is 37.7 Å². The van der Waals surface area contributed by atoms with Crippen molar-refractivity contribution in [3.05, 3.63) is 89.5 Å². The van der Waals surface area contributed by atoms with E-state index in [4.69, 9.17) is 4.74 Å². The van der Waals surface area contributed by atoms with Gasteiger partial charge in [-0.15, -0.1) is 0 Å². The Balaban J connectivity index is 1.41. The van der Waals surface area contributed by atoms with Gasteiger partial charge in [0.05, 0.1) is 30.9 Å². The number of fused-ring (bicyclic) bond motifs is 3. The molecular formula is C35H41N3O7Si. The number of benzene rings is 3. The van der Waals surface area contributed by atoms with Crippen LogP contribution in [-0.4, -0.2) is 70.8 Å². The van der Waals surface area contributed by atoms with E-state index >= 15 is 0 Å². The molecule has 0 unspecified atom stereocenters. The van der Waals surface area contributed by atoms with E-state index in [0.717, 1.165) is 11.1 Å². The number of nitrogens with one attached hydrogen (secondary N) is 1. The first kappa shape index (κ1) is 32.1. The predicted molar refractivity (Wildman–Crippen MR) is 176 cm³/mol. The summed E-state index contributed by atoms with van der Waals surface area (Å²) in [5.41, 5.74) is 2.20. The highest BCUT2D eigenvalue weighted by Gasteiger charge is 2.67. The van der Waals surface area contributed by atoms with E-state index in [9.17, 15) is 29.4 Å². The van der Waals surface area contributed by atoms with Gasteiger partial charge in [-0.3, -0.25) is 19.3 Å². The third kappa shape index (κ3) is 5.35. The number of amides is 3. The average molecular weight is 644 g/mol. The highest BCUT2D eigenvalue weighted by Crippen LogP contribution is 2.61. The van der Waals surface area contributed by atoms with Crippen LogP contribution < -0.4 is 10.2 Å². The van der Waals surface area contributed by atoms with E-state index in [1.807, 2.05) is 61.5 Å². The Bertz CT molecular complexity index is 1660. The summed E-state index contributed by atoms with van der Waals surface area (Å²) in [6, 6.07) is 21.8. The number of ether oxygens (including phenoxy) is 1. The monoisotopic (exact) mass is 643 g/mol. The lowest BCUT2D eigenvalue weighted by Gasteiger charge is -2.37. The Morgan fingerprint density at radius 2 is 1.74 bits per heavy atom. The summed E-state index contributed by atoms with van der Waals surface area (Å²) in [4.78, 5) is 56.2. The Hall–Kier alpha value is -3.87. The molecule has 0 saturated carbocycles. The molecule has 0 aliphatic carbocycles. The van der Waals surface area contributed by atoms with Gasteiger partial charge in [-0.1, -0.05) is 49.4 Å². The van der Waals surface area contributed by atoms with Crippen LogP contribution in [0.3, 0.4) is 0 Å². The molecule has 11 heteroatoms. The summed E-state index contributed by atoms with van der Waals surface area (Å²) < 4.78 is 6.87. The molecule has 1 saturated heterocycles. The molecule has 10 nitrogen and oxygen atoms in total. The molecule has 4 N–H and O–H groups in total. The molecule has 3 aromatic carbocycles. The number of para-hydroxylation sites is 1. The number of hydrogen-bond donors (Lipinski definition) is 4. The average Bonchev–Trinajstić information content (AvgIpc) is 3.46. The minimum Gasteiger partial charge on any atom is -0.432 e. The van der Waals surface area contributed by atoms with Gasteiger partial charge < -0.3 is 30.0 Å². The molecule has 0 radical (unpaired) electrons. The second-order valence-corrected chi connectivity index (χ2v) is 17.2. The van der Waals surface area contributed by atoms with Gasteiger partial charge in [0.1, 0.15) is 6.10 Å². The molecule has 242 valence electrons. The number of carbonyl (C=O) groups excluding carboxylic acids is 3. The van der Waals surface area contributed by atoms with E-state index < -0.39 is 49.5 Å². The first-order valence-electron chi connectivity index (χ1n) is 15.8. The van der Waals surface area contributed by atoms with Gasteiger partial charge in [0.2, 0.25) is 5.91 Å². The number of carbonyl (C=O) groups is 3. The van der Waals surface area contributed by atoms with Crippen molar-refractivity contribution in [3.63, 3.8) is 0 Å². The molecule has 1 spiro atoms. The fraction of sp³-hybridized carbons (Fsp3) is 0.400. The van der Waals surface area contributed by atoms with Gasteiger partial charge in [-0.2, -0.15) is 0 Å². The lowest BCUT2D eigenvalue weighted by atomic mass is 9.82. The van der Waals surface area contributed by atoms with Crippen LogP contribution in [0, 0.1) is 5.92 Å². The predicted octanol–water partition coefficient (Wildman–Crippen LogP) is 3.82. The van der Waals surface area contributed by atoms with Gasteiger partial charge in [0.25, 0.3) is 11.8 Å². The highest BCUT2D eigenvalue weighted by atomic mass is 28.4. The van der Waals surface area contributed by atoms with Crippen molar-refractivity contribution in [2.24, 2.45) is 5.92 Å². The van der Waals surface area contributed by atoms with Crippen LogP contribution >= 0.6 is 0 Å². The van der Waals surface area contributed by atoms with Crippen molar-refractivity contribution in [1.29, 1.82) is 0 Å². The maximum Gasteiger partial charge on any atom is 0.268 e. The van der Waals surface area contributed by atoms with Crippen molar-refractivity contribution in [2.45, 2.75) is 75.7 Å². The maximum absolute atomic E-state index is 14.8. The number of nitrogens with zero attached hydrogens (tertiary/aromatic N) is 2. The normalized spacial score (nSPS) is 26.2. The standard InChI is InChI=1S/C35H41N3O7Si/c1-21-32(46(3,4)44)30(18-31(41)37-19-24-11-9-8-10-23(24)16-27(37)20-39)45-35(21)28-17-25(36-33(42)22(2)40)14-15-29(28)38(34(35)43)26-12-6-5-7-13-26/h5-15,17,21-22,27,30,32,39-40,44H,16,18-20H2,1-4H3,(H,36,42)/t21-,22+,27+,30+,32-,35+/m1/s1. The van der Waals surface area contributed by atoms with E-state index in [0.29, 0.717) is 35.6 Å². The zero-order chi connectivity index (χ0) is 33.0. The van der Waals surface area contributed by atoms with Gasteiger partial charge in [-0.25, -0.2) is 0 Å². The van der Waals surface area contributed by atoms with Gasteiger partial charge in [-0.05, 0) is 67.9 Å². The Morgan fingerprint density at radius 1 is 1.07 bits per heavy atom. The Kier molecular flexibility index (Phi) is 8.41. The molecule has 0 aromatic heterocycles. The molecule has 3 aliphatic rings. The van der Waals surface area contributed by atoms with Crippen LogP contribution in [0.4, 0.5) is 17.1 Å². The smallest absolute Gasteiger partial charge is 0.268 e. The fourth-order valence-electron chi connectivity index (χ4n) is 7.69. The summed E-state index contributed by atoms with van der Waals surface area (Å²) in [7, 11) is -3.07. The van der Waals surface area contributed by atoms with Crippen LogP contribution in [0.15, 0.2) is 72.8 Å². The number of aliphatic hydroxyl groups excluding tert-OH is 2. The second-order valence-electron chi connectivity index (χ2n) is 13.3. The molecule has 6 rings (SSSR count). The molecule has 3 aromatic rings. The van der Waals surface area contributed by atoms with E-state index in [2.05, 4.69) is 5.32 Å². The molecule has 0 bridgehead atoms. The summed E-state index contributed by atoms with van der Waals surface area (Å²) in [6.45, 7) is 7.04. The quantitative estimate of drug-likeness (QED) is 0.287. The van der Waals surface area contributed by atoms with Crippen LogP contribution in [0.2, 0.25) is 18.6 Å². The van der Waals surface area contributed by atoms with E-state index in [-0.39, 0.29) is 24.8 Å². The lowest BCUT2D eigenvalue weighted by Crippen LogP contribution is -2.48. The highest BCUT2D eigenvalue weighted by molar-refractivity contribution is 6.71. The van der Waals surface area contributed by atoms with E-state index in [1.165, 1.54) is 6.92 Å². The number of hydrogen-bond acceptors (Lipinski definition) is 7. The first-order valence-corrected chi connectivity index (χ1v) is 18.8. The molecule has 6 atom stereocenters. The third-order valence-corrected chi connectivity index (χ3v) is 12.3. The summed E-state index contributed by atoms with van der Waals surface area (Å²) in [6.07, 6.45) is -1.56. The second kappa shape index (κ2) is 12.1. The maximum atomic E-state index is 14.8. The number of anilines is 3. The molecule has 3 heterocycles. The lowest BCUT2D eigenvalue weighted by molar-refractivity contribution is -0.150. The van der Waals surface area contributed by atoms with Crippen LogP contribution in [0.1, 0.15) is 37.0 Å². The minimum absolute atomic E-state index is 0.0706. The van der Waals surface area contributed by atoms with Crippen LogP contribution in [0.5, 0.6) is 0 Å². The third-order valence-electron chi connectivity index (χ3n) is 9.82. The molecule has 3 aliphatic heterocycles. The number of rotatable bonds is 7. The minimum atomic E-state index is -3.07. The van der Waals surface area contributed by atoms with Crippen molar-refractivity contribution in [3.8, 4) is 0 Å². The summed E-state index contributed by atoms with van der Waals surface area (Å²) >= 11 is 0. The molecule has 3 amide bonds. The molecule has 1 fully saturated rings. The van der Waals surface area contributed by atoms with Crippen molar-refractivity contribution >= 4 is 43.1 Å². The van der Waals surface area contributed by atoms with Crippen molar-refractivity contribution < 1.29 is 34.1 Å². The first-order chi connectivity index (χ1) is 21.9.